The third kappa shape index (κ3) is 3.66. The minimum atomic E-state index is -0.479. The van der Waals surface area contributed by atoms with E-state index in [9.17, 15) is 4.79 Å². The molecule has 0 radical (unpaired) electrons. The third-order valence-corrected chi connectivity index (χ3v) is 4.29. The Morgan fingerprint density at radius 1 is 1.38 bits per heavy atom. The smallest absolute Gasteiger partial charge is 0.252 e. The van der Waals surface area contributed by atoms with E-state index in [2.05, 4.69) is 23.7 Å². The van der Waals surface area contributed by atoms with E-state index in [1.165, 1.54) is 6.20 Å². The third-order valence-electron chi connectivity index (χ3n) is 4.08. The molecular formula is C15H23ClN4O. The maximum atomic E-state index is 11.7. The van der Waals surface area contributed by atoms with Gasteiger partial charge in [0.05, 0.1) is 11.3 Å². The summed E-state index contributed by atoms with van der Waals surface area (Å²) in [4.78, 5) is 17.9. The summed E-state index contributed by atoms with van der Waals surface area (Å²) >= 11 is 6.02. The summed E-state index contributed by atoms with van der Waals surface area (Å²) in [5, 5.41) is 0.369. The van der Waals surface area contributed by atoms with Crippen LogP contribution in [0.4, 0.5) is 5.69 Å². The first-order valence-electron chi connectivity index (χ1n) is 7.39. The summed E-state index contributed by atoms with van der Waals surface area (Å²) in [6.45, 7) is 4.21. The van der Waals surface area contributed by atoms with Crippen molar-refractivity contribution in [3.05, 3.63) is 23.0 Å². The molecule has 0 unspecified atom stereocenters. The first-order chi connectivity index (χ1) is 9.90. The SMILES string of the molecule is CC(C)N(c1cc(Cl)ncc1C(N)=O)C1CCC(N)CC1. The zero-order valence-electron chi connectivity index (χ0n) is 12.6. The molecule has 0 aromatic carbocycles. The fourth-order valence-corrected chi connectivity index (χ4v) is 3.25. The number of aromatic nitrogens is 1. The van der Waals surface area contributed by atoms with Gasteiger partial charge < -0.3 is 16.4 Å². The number of halogens is 1. The van der Waals surface area contributed by atoms with Crippen LogP contribution in [-0.4, -0.2) is 29.0 Å². The van der Waals surface area contributed by atoms with Crippen molar-refractivity contribution in [2.75, 3.05) is 4.90 Å². The Labute approximate surface area is 130 Å². The quantitative estimate of drug-likeness (QED) is 0.836. The first kappa shape index (κ1) is 16.0. The number of carbonyl (C=O) groups is 1. The van der Waals surface area contributed by atoms with Gasteiger partial charge in [-0.2, -0.15) is 0 Å². The molecule has 1 aromatic heterocycles. The summed E-state index contributed by atoms with van der Waals surface area (Å²) in [5.41, 5.74) is 12.7. The molecule has 0 bridgehead atoms. The number of hydrogen-bond donors (Lipinski definition) is 2. The Balaban J connectivity index is 2.38. The zero-order valence-corrected chi connectivity index (χ0v) is 13.3. The van der Waals surface area contributed by atoms with Crippen molar-refractivity contribution in [1.29, 1.82) is 0 Å². The number of nitrogens with two attached hydrogens (primary N) is 2. The van der Waals surface area contributed by atoms with E-state index in [-0.39, 0.29) is 12.1 Å². The predicted molar refractivity (Wildman–Crippen MR) is 85.6 cm³/mol. The van der Waals surface area contributed by atoms with Crippen LogP contribution < -0.4 is 16.4 Å². The molecule has 21 heavy (non-hydrogen) atoms. The van der Waals surface area contributed by atoms with E-state index >= 15 is 0 Å². The highest BCUT2D eigenvalue weighted by molar-refractivity contribution is 6.29. The van der Waals surface area contributed by atoms with Crippen molar-refractivity contribution in [1.82, 2.24) is 4.98 Å². The van der Waals surface area contributed by atoms with Crippen LogP contribution in [-0.2, 0) is 0 Å². The Kier molecular flexibility index (Phi) is 5.06. The van der Waals surface area contributed by atoms with E-state index in [0.29, 0.717) is 16.8 Å². The maximum Gasteiger partial charge on any atom is 0.252 e. The lowest BCUT2D eigenvalue weighted by molar-refractivity contribution is 0.1000. The van der Waals surface area contributed by atoms with Gasteiger partial charge in [-0.05, 0) is 45.6 Å². The average Bonchev–Trinajstić information content (AvgIpc) is 2.40. The molecule has 1 fully saturated rings. The maximum absolute atomic E-state index is 11.7. The second kappa shape index (κ2) is 6.62. The lowest BCUT2D eigenvalue weighted by atomic mass is 9.89. The van der Waals surface area contributed by atoms with Gasteiger partial charge in [0.2, 0.25) is 0 Å². The predicted octanol–water partition coefficient (Wildman–Crippen LogP) is 2.32. The molecular weight excluding hydrogens is 288 g/mol. The largest absolute Gasteiger partial charge is 0.365 e. The molecule has 2 rings (SSSR count). The van der Waals surface area contributed by atoms with Gasteiger partial charge in [-0.1, -0.05) is 11.6 Å². The summed E-state index contributed by atoms with van der Waals surface area (Å²) in [6.07, 6.45) is 5.48. The van der Waals surface area contributed by atoms with Crippen molar-refractivity contribution in [2.45, 2.75) is 57.7 Å². The summed E-state index contributed by atoms with van der Waals surface area (Å²) in [6, 6.07) is 2.60. The van der Waals surface area contributed by atoms with Crippen molar-refractivity contribution >= 4 is 23.2 Å². The van der Waals surface area contributed by atoms with Crippen molar-refractivity contribution in [2.24, 2.45) is 11.5 Å². The number of rotatable bonds is 4. The van der Waals surface area contributed by atoms with Crippen LogP contribution in [0.25, 0.3) is 0 Å². The Hall–Kier alpha value is -1.33. The number of amides is 1. The molecule has 5 nitrogen and oxygen atoms in total. The van der Waals surface area contributed by atoms with Crippen molar-refractivity contribution < 1.29 is 4.79 Å². The summed E-state index contributed by atoms with van der Waals surface area (Å²) < 4.78 is 0. The number of carbonyl (C=O) groups excluding carboxylic acids is 1. The van der Waals surface area contributed by atoms with E-state index < -0.39 is 5.91 Å². The van der Waals surface area contributed by atoms with Crippen LogP contribution in [0.5, 0.6) is 0 Å². The fraction of sp³-hybridized carbons (Fsp3) is 0.600. The van der Waals surface area contributed by atoms with E-state index in [1.807, 2.05) is 0 Å². The highest BCUT2D eigenvalue weighted by Crippen LogP contribution is 2.32. The molecule has 4 N–H and O–H groups in total. The topological polar surface area (TPSA) is 85.2 Å². The van der Waals surface area contributed by atoms with E-state index in [1.54, 1.807) is 6.07 Å². The zero-order chi connectivity index (χ0) is 15.6. The molecule has 1 saturated carbocycles. The number of anilines is 1. The average molecular weight is 311 g/mol. The van der Waals surface area contributed by atoms with Crippen molar-refractivity contribution in [3.8, 4) is 0 Å². The molecule has 1 heterocycles. The molecule has 1 amide bonds. The van der Waals surface area contributed by atoms with Crippen LogP contribution in [0.15, 0.2) is 12.3 Å². The lowest BCUT2D eigenvalue weighted by Gasteiger charge is -2.41. The molecule has 0 saturated heterocycles. The van der Waals surface area contributed by atoms with Crippen molar-refractivity contribution in [3.63, 3.8) is 0 Å². The van der Waals surface area contributed by atoms with Crippen LogP contribution >= 0.6 is 11.6 Å². The first-order valence-corrected chi connectivity index (χ1v) is 7.77. The number of nitrogens with zero attached hydrogens (tertiary/aromatic N) is 2. The Morgan fingerprint density at radius 3 is 2.52 bits per heavy atom. The van der Waals surface area contributed by atoms with Crippen LogP contribution in [0.1, 0.15) is 49.9 Å². The fourth-order valence-electron chi connectivity index (χ4n) is 3.10. The van der Waals surface area contributed by atoms with E-state index in [0.717, 1.165) is 31.4 Å². The van der Waals surface area contributed by atoms with Crippen LogP contribution in [0, 0.1) is 0 Å². The number of hydrogen-bond acceptors (Lipinski definition) is 4. The van der Waals surface area contributed by atoms with Crippen LogP contribution in [0.3, 0.4) is 0 Å². The Morgan fingerprint density at radius 2 is 2.00 bits per heavy atom. The molecule has 6 heteroatoms. The van der Waals surface area contributed by atoms with Crippen LogP contribution in [0.2, 0.25) is 5.15 Å². The Bertz CT molecular complexity index is 512. The summed E-state index contributed by atoms with van der Waals surface area (Å²) in [7, 11) is 0. The lowest BCUT2D eigenvalue weighted by Crippen LogP contribution is -2.45. The minimum absolute atomic E-state index is 0.237. The second-order valence-corrected chi connectivity index (χ2v) is 6.35. The highest BCUT2D eigenvalue weighted by atomic mass is 35.5. The van der Waals surface area contributed by atoms with Gasteiger partial charge in [0.25, 0.3) is 5.91 Å². The van der Waals surface area contributed by atoms with Gasteiger partial charge in [0.1, 0.15) is 5.15 Å². The van der Waals surface area contributed by atoms with Gasteiger partial charge >= 0.3 is 0 Å². The van der Waals surface area contributed by atoms with Gasteiger partial charge in [0.15, 0.2) is 0 Å². The molecule has 1 aromatic rings. The van der Waals surface area contributed by atoms with E-state index in [4.69, 9.17) is 23.1 Å². The molecule has 116 valence electrons. The summed E-state index contributed by atoms with van der Waals surface area (Å²) in [5.74, 6) is -0.479. The monoisotopic (exact) mass is 310 g/mol. The van der Waals surface area contributed by atoms with Gasteiger partial charge in [-0.3, -0.25) is 4.79 Å². The number of pyridine rings is 1. The molecule has 0 spiro atoms. The molecule has 0 aliphatic heterocycles. The van der Waals surface area contributed by atoms with Gasteiger partial charge in [-0.25, -0.2) is 4.98 Å². The normalized spacial score (nSPS) is 22.3. The minimum Gasteiger partial charge on any atom is -0.365 e. The molecule has 1 aliphatic carbocycles. The highest BCUT2D eigenvalue weighted by Gasteiger charge is 2.28. The number of primary amides is 1. The molecule has 0 atom stereocenters. The van der Waals surface area contributed by atoms with Gasteiger partial charge in [-0.15, -0.1) is 0 Å². The second-order valence-electron chi connectivity index (χ2n) is 5.96. The standard InChI is InChI=1S/C15H23ClN4O/c1-9(2)20(11-5-3-10(17)4-6-11)13-7-14(16)19-8-12(13)15(18)21/h7-11H,3-6,17H2,1-2H3,(H2,18,21). The molecule has 1 aliphatic rings. The van der Waals surface area contributed by atoms with Gasteiger partial charge in [0, 0.05) is 24.3 Å².